The summed E-state index contributed by atoms with van der Waals surface area (Å²) in [5.41, 5.74) is 0. The third-order valence-corrected chi connectivity index (χ3v) is 13.9. The monoisotopic (exact) mass is 983 g/mol. The van der Waals surface area contributed by atoms with E-state index in [2.05, 4.69) is 57.2 Å². The van der Waals surface area contributed by atoms with Crippen molar-refractivity contribution in [3.05, 3.63) is 36.5 Å². The molecule has 0 aliphatic heterocycles. The summed E-state index contributed by atoms with van der Waals surface area (Å²) in [6.07, 6.45) is 71.4. The van der Waals surface area contributed by atoms with Gasteiger partial charge in [-0.1, -0.05) is 276 Å². The lowest BCUT2D eigenvalue weighted by molar-refractivity contribution is -0.167. The van der Waals surface area contributed by atoms with Crippen molar-refractivity contribution in [3.8, 4) is 0 Å². The van der Waals surface area contributed by atoms with Gasteiger partial charge in [0, 0.05) is 19.3 Å². The van der Waals surface area contributed by atoms with Crippen molar-refractivity contribution in [3.63, 3.8) is 0 Å². The SMILES string of the molecule is CCCCCC/C=C\CCCCCCCC(=O)OCC(COC(=O)CCCCCCCCCCCCC/C=C\C/C=C\CCCCCCC)OC(=O)CCCCCCCCCCCCCCCCCC. The Hall–Kier alpha value is -2.37. The van der Waals surface area contributed by atoms with Gasteiger partial charge in [0.25, 0.3) is 0 Å². The molecule has 0 N–H and O–H groups in total. The third-order valence-electron chi connectivity index (χ3n) is 13.9. The number of ether oxygens (including phenoxy) is 3. The Morgan fingerprint density at radius 3 is 0.814 bits per heavy atom. The maximum absolute atomic E-state index is 12.9. The molecule has 0 rings (SSSR count). The molecule has 6 heteroatoms. The molecule has 0 spiro atoms. The zero-order valence-corrected chi connectivity index (χ0v) is 47.1. The molecular formula is C64H118O6. The number of hydrogen-bond acceptors (Lipinski definition) is 6. The van der Waals surface area contributed by atoms with E-state index in [9.17, 15) is 14.4 Å². The van der Waals surface area contributed by atoms with Crippen molar-refractivity contribution in [2.45, 2.75) is 341 Å². The highest BCUT2D eigenvalue weighted by Gasteiger charge is 2.19. The predicted molar refractivity (Wildman–Crippen MR) is 302 cm³/mol. The molecule has 0 radical (unpaired) electrons. The molecule has 1 unspecified atom stereocenters. The van der Waals surface area contributed by atoms with Gasteiger partial charge in [-0.15, -0.1) is 0 Å². The Morgan fingerprint density at radius 1 is 0.286 bits per heavy atom. The Balaban J connectivity index is 4.28. The summed E-state index contributed by atoms with van der Waals surface area (Å²) in [5, 5.41) is 0. The molecule has 0 amide bonds. The first kappa shape index (κ1) is 67.6. The van der Waals surface area contributed by atoms with Crippen LogP contribution >= 0.6 is 0 Å². The van der Waals surface area contributed by atoms with Crippen molar-refractivity contribution in [1.82, 2.24) is 0 Å². The molecule has 0 saturated heterocycles. The van der Waals surface area contributed by atoms with Gasteiger partial charge in [-0.05, 0) is 77.0 Å². The molecule has 1 atom stereocenters. The summed E-state index contributed by atoms with van der Waals surface area (Å²) in [6.45, 7) is 6.66. The fraction of sp³-hybridized carbons (Fsp3) is 0.859. The molecule has 0 aromatic heterocycles. The van der Waals surface area contributed by atoms with Crippen molar-refractivity contribution in [2.75, 3.05) is 13.2 Å². The number of carbonyl (C=O) groups is 3. The van der Waals surface area contributed by atoms with Gasteiger partial charge in [-0.2, -0.15) is 0 Å². The molecule has 0 aliphatic rings. The van der Waals surface area contributed by atoms with Crippen LogP contribution in [0.1, 0.15) is 335 Å². The van der Waals surface area contributed by atoms with Gasteiger partial charge in [0.1, 0.15) is 13.2 Å². The second kappa shape index (κ2) is 59.2. The molecule has 0 fully saturated rings. The van der Waals surface area contributed by atoms with E-state index >= 15 is 0 Å². The Kier molecular flexibility index (Phi) is 57.2. The van der Waals surface area contributed by atoms with Crippen molar-refractivity contribution in [2.24, 2.45) is 0 Å². The van der Waals surface area contributed by atoms with Crippen LogP contribution in [0.4, 0.5) is 0 Å². The first-order chi connectivity index (χ1) is 34.5. The number of unbranched alkanes of at least 4 members (excludes halogenated alkanes) is 40. The van der Waals surface area contributed by atoms with Crippen LogP contribution in [-0.4, -0.2) is 37.2 Å². The molecule has 0 aromatic carbocycles. The van der Waals surface area contributed by atoms with Gasteiger partial charge in [0.15, 0.2) is 6.10 Å². The molecule has 0 aromatic rings. The summed E-state index contributed by atoms with van der Waals surface area (Å²) in [6, 6.07) is 0. The second-order valence-corrected chi connectivity index (χ2v) is 21.0. The Labute approximate surface area is 435 Å². The molecule has 70 heavy (non-hydrogen) atoms. The highest BCUT2D eigenvalue weighted by molar-refractivity contribution is 5.71. The summed E-state index contributed by atoms with van der Waals surface area (Å²) in [5.74, 6) is -0.861. The lowest BCUT2D eigenvalue weighted by atomic mass is 10.0. The van der Waals surface area contributed by atoms with Crippen LogP contribution in [0.5, 0.6) is 0 Å². The van der Waals surface area contributed by atoms with Crippen molar-refractivity contribution >= 4 is 17.9 Å². The van der Waals surface area contributed by atoms with Gasteiger partial charge in [-0.25, -0.2) is 0 Å². The first-order valence-corrected chi connectivity index (χ1v) is 31.0. The predicted octanol–water partition coefficient (Wildman–Crippen LogP) is 20.8. The number of carbonyl (C=O) groups excluding carboxylic acids is 3. The van der Waals surface area contributed by atoms with Crippen molar-refractivity contribution < 1.29 is 28.6 Å². The van der Waals surface area contributed by atoms with Crippen LogP contribution in [0.2, 0.25) is 0 Å². The molecule has 410 valence electrons. The highest BCUT2D eigenvalue weighted by Crippen LogP contribution is 2.17. The van der Waals surface area contributed by atoms with Gasteiger partial charge >= 0.3 is 17.9 Å². The molecule has 6 nitrogen and oxygen atoms in total. The fourth-order valence-corrected chi connectivity index (χ4v) is 9.18. The highest BCUT2D eigenvalue weighted by atomic mass is 16.6. The Bertz CT molecular complexity index is 1170. The third kappa shape index (κ3) is 56.5. The van der Waals surface area contributed by atoms with E-state index in [4.69, 9.17) is 14.2 Å². The van der Waals surface area contributed by atoms with Crippen LogP contribution < -0.4 is 0 Å². The van der Waals surface area contributed by atoms with E-state index in [0.29, 0.717) is 19.3 Å². The number of rotatable bonds is 57. The van der Waals surface area contributed by atoms with Crippen LogP contribution in [0.25, 0.3) is 0 Å². The maximum atomic E-state index is 12.9. The standard InChI is InChI=1S/C64H118O6/c1-4-7-10-13-16-19-22-25-27-29-30-31-32-33-34-35-37-39-42-45-48-51-54-57-63(66)69-60-61(59-68-62(65)56-53-50-47-44-41-38-24-21-18-15-12-9-6-3)70-64(67)58-55-52-49-46-43-40-36-28-26-23-20-17-14-11-8-5-2/h21-22,24-25,29-30,61H,4-20,23,26-28,31-60H2,1-3H3/b24-21-,25-22-,30-29-. The minimum absolute atomic E-state index is 0.0718. The van der Waals surface area contributed by atoms with E-state index < -0.39 is 6.10 Å². The molecule has 0 bridgehead atoms. The normalized spacial score (nSPS) is 12.2. The largest absolute Gasteiger partial charge is 0.462 e. The zero-order chi connectivity index (χ0) is 50.7. The minimum Gasteiger partial charge on any atom is -0.462 e. The van der Waals surface area contributed by atoms with Gasteiger partial charge in [-0.3, -0.25) is 14.4 Å². The van der Waals surface area contributed by atoms with Crippen molar-refractivity contribution in [1.29, 1.82) is 0 Å². The van der Waals surface area contributed by atoms with E-state index in [0.717, 1.165) is 70.6 Å². The van der Waals surface area contributed by atoms with E-state index in [1.807, 2.05) is 0 Å². The topological polar surface area (TPSA) is 78.9 Å². The lowest BCUT2D eigenvalue weighted by Gasteiger charge is -2.18. The summed E-state index contributed by atoms with van der Waals surface area (Å²) in [4.78, 5) is 38.2. The quantitative estimate of drug-likeness (QED) is 0.0261. The summed E-state index contributed by atoms with van der Waals surface area (Å²) < 4.78 is 16.9. The van der Waals surface area contributed by atoms with Crippen LogP contribution in [0.3, 0.4) is 0 Å². The van der Waals surface area contributed by atoms with Gasteiger partial charge in [0.2, 0.25) is 0 Å². The molecule has 0 saturated carbocycles. The second-order valence-electron chi connectivity index (χ2n) is 21.0. The summed E-state index contributed by atoms with van der Waals surface area (Å²) in [7, 11) is 0. The smallest absolute Gasteiger partial charge is 0.306 e. The average Bonchev–Trinajstić information content (AvgIpc) is 3.36. The van der Waals surface area contributed by atoms with E-state index in [1.165, 1.54) is 225 Å². The number of allylic oxidation sites excluding steroid dienone is 6. The first-order valence-electron chi connectivity index (χ1n) is 31.0. The molecule has 0 aliphatic carbocycles. The van der Waals surface area contributed by atoms with E-state index in [1.54, 1.807) is 0 Å². The van der Waals surface area contributed by atoms with Gasteiger partial charge in [0.05, 0.1) is 0 Å². The summed E-state index contributed by atoms with van der Waals surface area (Å²) >= 11 is 0. The van der Waals surface area contributed by atoms with Crippen LogP contribution in [0.15, 0.2) is 36.5 Å². The Morgan fingerprint density at radius 2 is 0.514 bits per heavy atom. The lowest BCUT2D eigenvalue weighted by Crippen LogP contribution is -2.30. The van der Waals surface area contributed by atoms with Crippen LogP contribution in [-0.2, 0) is 28.6 Å². The minimum atomic E-state index is -0.773. The van der Waals surface area contributed by atoms with Gasteiger partial charge < -0.3 is 14.2 Å². The molecule has 0 heterocycles. The fourth-order valence-electron chi connectivity index (χ4n) is 9.18. The number of hydrogen-bond donors (Lipinski definition) is 0. The zero-order valence-electron chi connectivity index (χ0n) is 47.1. The van der Waals surface area contributed by atoms with E-state index in [-0.39, 0.29) is 31.1 Å². The average molecular weight is 984 g/mol. The molecular weight excluding hydrogens is 865 g/mol. The maximum Gasteiger partial charge on any atom is 0.306 e. The number of esters is 3. The van der Waals surface area contributed by atoms with Crippen LogP contribution in [0, 0.1) is 0 Å².